The molecule has 0 radical (unpaired) electrons. The molecule has 0 aliphatic heterocycles. The van der Waals surface area contributed by atoms with Crippen molar-refractivity contribution < 1.29 is 4.79 Å². The lowest BCUT2D eigenvalue weighted by atomic mass is 10.2. The van der Waals surface area contributed by atoms with Crippen LogP contribution in [0, 0.1) is 3.57 Å². The Morgan fingerprint density at radius 1 is 1.29 bits per heavy atom. The Hall–Kier alpha value is -0.840. The minimum Gasteiger partial charge on any atom is -0.296 e. The van der Waals surface area contributed by atoms with Crippen LogP contribution in [0.15, 0.2) is 39.5 Å². The van der Waals surface area contributed by atoms with Crippen molar-refractivity contribution in [1.29, 1.82) is 0 Å². The van der Waals surface area contributed by atoms with E-state index in [0.717, 1.165) is 18.6 Å². The first-order chi connectivity index (χ1) is 10.1. The second kappa shape index (κ2) is 6.51. The smallest absolute Gasteiger partial charge is 0.258 e. The molecule has 0 saturated heterocycles. The summed E-state index contributed by atoms with van der Waals surface area (Å²) in [5.41, 5.74) is 1.63. The number of rotatable bonds is 3. The molecule has 21 heavy (non-hydrogen) atoms. The van der Waals surface area contributed by atoms with E-state index in [0.29, 0.717) is 10.7 Å². The van der Waals surface area contributed by atoms with E-state index in [1.807, 2.05) is 29.0 Å². The van der Waals surface area contributed by atoms with Crippen LogP contribution < -0.4 is 5.32 Å². The average molecular weight is 492 g/mol. The standard InChI is InChI=1S/C13H7BrIN3OS2/c14-8-1-2-10(15)9(5-8)11(19)16-13-18-17-12(21-13)7-3-4-20-6-7/h1-6H,(H,16,18,19). The van der Waals surface area contributed by atoms with Gasteiger partial charge < -0.3 is 0 Å². The fraction of sp³-hybridized carbons (Fsp3) is 0. The summed E-state index contributed by atoms with van der Waals surface area (Å²) in [5, 5.41) is 16.2. The predicted molar refractivity (Wildman–Crippen MR) is 98.0 cm³/mol. The number of hydrogen-bond acceptors (Lipinski definition) is 5. The molecule has 1 N–H and O–H groups in total. The Kier molecular flexibility index (Phi) is 4.67. The van der Waals surface area contributed by atoms with E-state index >= 15 is 0 Å². The number of carbonyl (C=O) groups is 1. The van der Waals surface area contributed by atoms with Crippen LogP contribution in [-0.2, 0) is 0 Å². The molecule has 2 heterocycles. The van der Waals surface area contributed by atoms with Gasteiger partial charge in [0, 0.05) is 19.0 Å². The average Bonchev–Trinajstić information content (AvgIpc) is 3.11. The third kappa shape index (κ3) is 3.50. The normalized spacial score (nSPS) is 10.6. The Morgan fingerprint density at radius 2 is 2.14 bits per heavy atom. The molecule has 3 aromatic rings. The van der Waals surface area contributed by atoms with Crippen LogP contribution in [0.4, 0.5) is 5.13 Å². The van der Waals surface area contributed by atoms with Gasteiger partial charge in [-0.2, -0.15) is 11.3 Å². The summed E-state index contributed by atoms with van der Waals surface area (Å²) in [4.78, 5) is 12.3. The molecule has 0 aliphatic carbocycles. The third-order valence-electron chi connectivity index (χ3n) is 2.59. The van der Waals surface area contributed by atoms with Crippen molar-refractivity contribution in [3.05, 3.63) is 48.6 Å². The third-order valence-corrected chi connectivity index (χ3v) is 5.59. The molecule has 3 rings (SSSR count). The van der Waals surface area contributed by atoms with E-state index in [1.54, 1.807) is 17.4 Å². The number of nitrogens with zero attached hydrogens (tertiary/aromatic N) is 2. The molecule has 2 aromatic heterocycles. The van der Waals surface area contributed by atoms with Gasteiger partial charge >= 0.3 is 0 Å². The number of aromatic nitrogens is 2. The van der Waals surface area contributed by atoms with Crippen LogP contribution in [-0.4, -0.2) is 16.1 Å². The molecule has 8 heteroatoms. The van der Waals surface area contributed by atoms with Crippen LogP contribution in [0.3, 0.4) is 0 Å². The molecule has 0 aliphatic rings. The Balaban J connectivity index is 1.80. The number of anilines is 1. The highest BCUT2D eigenvalue weighted by molar-refractivity contribution is 14.1. The van der Waals surface area contributed by atoms with Gasteiger partial charge in [0.15, 0.2) is 0 Å². The number of amides is 1. The molecular formula is C13H7BrIN3OS2. The summed E-state index contributed by atoms with van der Waals surface area (Å²) < 4.78 is 1.75. The van der Waals surface area contributed by atoms with E-state index in [9.17, 15) is 4.79 Å². The van der Waals surface area contributed by atoms with Gasteiger partial charge in [-0.3, -0.25) is 10.1 Å². The molecule has 0 atom stereocenters. The summed E-state index contributed by atoms with van der Waals surface area (Å²) in [5.74, 6) is -0.186. The lowest BCUT2D eigenvalue weighted by Crippen LogP contribution is -2.13. The van der Waals surface area contributed by atoms with Crippen molar-refractivity contribution >= 4 is 72.2 Å². The van der Waals surface area contributed by atoms with Crippen LogP contribution >= 0.6 is 61.2 Å². The van der Waals surface area contributed by atoms with Crippen molar-refractivity contribution in [2.75, 3.05) is 5.32 Å². The largest absolute Gasteiger partial charge is 0.296 e. The zero-order valence-electron chi connectivity index (χ0n) is 10.3. The van der Waals surface area contributed by atoms with Crippen molar-refractivity contribution in [1.82, 2.24) is 10.2 Å². The van der Waals surface area contributed by atoms with Crippen molar-refractivity contribution in [3.8, 4) is 10.6 Å². The Morgan fingerprint density at radius 3 is 2.90 bits per heavy atom. The van der Waals surface area contributed by atoms with Crippen LogP contribution in [0.5, 0.6) is 0 Å². The van der Waals surface area contributed by atoms with Crippen LogP contribution in [0.1, 0.15) is 10.4 Å². The maximum atomic E-state index is 12.3. The molecule has 4 nitrogen and oxygen atoms in total. The molecule has 0 saturated carbocycles. The second-order valence-electron chi connectivity index (χ2n) is 4.00. The molecule has 1 amide bonds. The number of benzene rings is 1. The molecule has 0 spiro atoms. The second-order valence-corrected chi connectivity index (χ2v) is 7.84. The lowest BCUT2D eigenvalue weighted by molar-refractivity contribution is 0.102. The monoisotopic (exact) mass is 491 g/mol. The highest BCUT2D eigenvalue weighted by Gasteiger charge is 2.14. The molecule has 0 bridgehead atoms. The van der Waals surface area contributed by atoms with Gasteiger partial charge in [0.05, 0.1) is 5.56 Å². The Bertz CT molecular complexity index is 789. The van der Waals surface area contributed by atoms with Gasteiger partial charge in [0.1, 0.15) is 5.01 Å². The van der Waals surface area contributed by atoms with Gasteiger partial charge in [0.25, 0.3) is 5.91 Å². The highest BCUT2D eigenvalue weighted by Crippen LogP contribution is 2.28. The van der Waals surface area contributed by atoms with Gasteiger partial charge in [-0.1, -0.05) is 27.3 Å². The number of nitrogens with one attached hydrogen (secondary N) is 1. The molecule has 1 aromatic carbocycles. The minimum atomic E-state index is -0.186. The molecule has 106 valence electrons. The predicted octanol–water partition coefficient (Wildman–Crippen LogP) is 4.89. The summed E-state index contributed by atoms with van der Waals surface area (Å²) in [6.45, 7) is 0. The van der Waals surface area contributed by atoms with E-state index in [4.69, 9.17) is 0 Å². The number of carbonyl (C=O) groups excluding carboxylic acids is 1. The fourth-order valence-corrected chi connectivity index (χ4v) is 4.00. The minimum absolute atomic E-state index is 0.186. The van der Waals surface area contributed by atoms with Gasteiger partial charge in [0.2, 0.25) is 5.13 Å². The van der Waals surface area contributed by atoms with Crippen molar-refractivity contribution in [2.24, 2.45) is 0 Å². The van der Waals surface area contributed by atoms with E-state index in [1.165, 1.54) is 11.3 Å². The quantitative estimate of drug-likeness (QED) is 0.531. The van der Waals surface area contributed by atoms with Gasteiger partial charge in [-0.05, 0) is 52.2 Å². The molecule has 0 unspecified atom stereocenters. The first kappa shape index (κ1) is 15.1. The van der Waals surface area contributed by atoms with Crippen molar-refractivity contribution in [2.45, 2.75) is 0 Å². The molecular weight excluding hydrogens is 485 g/mol. The van der Waals surface area contributed by atoms with Gasteiger partial charge in [-0.15, -0.1) is 10.2 Å². The first-order valence-corrected chi connectivity index (χ1v) is 9.39. The summed E-state index contributed by atoms with van der Waals surface area (Å²) in [6.07, 6.45) is 0. The number of halogens is 2. The topological polar surface area (TPSA) is 54.9 Å². The molecule has 0 fully saturated rings. The lowest BCUT2D eigenvalue weighted by Gasteiger charge is -2.04. The van der Waals surface area contributed by atoms with Crippen LogP contribution in [0.2, 0.25) is 0 Å². The van der Waals surface area contributed by atoms with E-state index < -0.39 is 0 Å². The summed E-state index contributed by atoms with van der Waals surface area (Å²) >= 11 is 8.47. The highest BCUT2D eigenvalue weighted by atomic mass is 127. The Labute approximate surface area is 150 Å². The SMILES string of the molecule is O=C(Nc1nnc(-c2ccsc2)s1)c1cc(Br)ccc1I. The van der Waals surface area contributed by atoms with Gasteiger partial charge in [-0.25, -0.2) is 0 Å². The zero-order valence-corrected chi connectivity index (χ0v) is 15.7. The summed E-state index contributed by atoms with van der Waals surface area (Å²) in [6, 6.07) is 7.56. The van der Waals surface area contributed by atoms with E-state index in [2.05, 4.69) is 54.0 Å². The fourth-order valence-electron chi connectivity index (χ4n) is 1.61. The maximum Gasteiger partial charge on any atom is 0.258 e. The summed E-state index contributed by atoms with van der Waals surface area (Å²) in [7, 11) is 0. The maximum absolute atomic E-state index is 12.3. The van der Waals surface area contributed by atoms with Crippen LogP contribution in [0.25, 0.3) is 10.6 Å². The number of hydrogen-bond donors (Lipinski definition) is 1. The van der Waals surface area contributed by atoms with Crippen molar-refractivity contribution in [3.63, 3.8) is 0 Å². The van der Waals surface area contributed by atoms with E-state index in [-0.39, 0.29) is 5.91 Å². The number of thiophene rings is 1. The first-order valence-electron chi connectivity index (χ1n) is 5.76. The zero-order chi connectivity index (χ0) is 14.8.